The lowest BCUT2D eigenvalue weighted by molar-refractivity contribution is -0.120. The monoisotopic (exact) mass is 547 g/mol. The van der Waals surface area contributed by atoms with Crippen molar-refractivity contribution in [3.8, 4) is 0 Å². The predicted octanol–water partition coefficient (Wildman–Crippen LogP) is 6.95. The number of hydrogen-bond acceptors (Lipinski definition) is 4. The van der Waals surface area contributed by atoms with E-state index < -0.39 is 11.8 Å². The highest BCUT2D eigenvalue weighted by Crippen LogP contribution is 2.38. The van der Waals surface area contributed by atoms with Crippen molar-refractivity contribution < 1.29 is 14.4 Å². The number of imide groups is 1. The summed E-state index contributed by atoms with van der Waals surface area (Å²) in [6, 6.07) is 14.8. The number of amides is 3. The molecule has 0 radical (unpaired) electrons. The fraction of sp³-hybridized carbons (Fsp3) is 0.0800. The van der Waals surface area contributed by atoms with Gasteiger partial charge in [0, 0.05) is 16.9 Å². The van der Waals surface area contributed by atoms with Gasteiger partial charge in [-0.05, 0) is 67.4 Å². The molecule has 0 saturated heterocycles. The van der Waals surface area contributed by atoms with Crippen LogP contribution in [0.4, 0.5) is 17.1 Å². The lowest BCUT2D eigenvalue weighted by Gasteiger charge is -2.17. The van der Waals surface area contributed by atoms with Crippen LogP contribution in [-0.2, 0) is 9.59 Å². The Morgan fingerprint density at radius 3 is 2.11 bits per heavy atom. The third-order valence-electron chi connectivity index (χ3n) is 5.13. The number of rotatable bonds is 5. The molecular formula is C25H17Cl4N3O3. The van der Waals surface area contributed by atoms with Gasteiger partial charge in [-0.2, -0.15) is 0 Å². The number of nitrogens with one attached hydrogen (secondary N) is 2. The van der Waals surface area contributed by atoms with Crippen molar-refractivity contribution in [2.75, 3.05) is 15.5 Å². The van der Waals surface area contributed by atoms with E-state index in [1.54, 1.807) is 24.3 Å². The van der Waals surface area contributed by atoms with Crippen LogP contribution in [0, 0.1) is 13.8 Å². The van der Waals surface area contributed by atoms with E-state index in [0.717, 1.165) is 16.0 Å². The molecule has 178 valence electrons. The average Bonchev–Trinajstić information content (AvgIpc) is 2.99. The van der Waals surface area contributed by atoms with Gasteiger partial charge in [0.05, 0.1) is 20.8 Å². The van der Waals surface area contributed by atoms with Crippen LogP contribution in [0.15, 0.2) is 65.3 Å². The Balaban J connectivity index is 1.57. The van der Waals surface area contributed by atoms with Gasteiger partial charge in [-0.15, -0.1) is 0 Å². The van der Waals surface area contributed by atoms with Crippen LogP contribution < -0.4 is 15.5 Å². The number of nitrogens with zero attached hydrogens (tertiary/aromatic N) is 1. The highest BCUT2D eigenvalue weighted by molar-refractivity contribution is 6.54. The van der Waals surface area contributed by atoms with Gasteiger partial charge < -0.3 is 10.6 Å². The van der Waals surface area contributed by atoms with Gasteiger partial charge in [0.2, 0.25) is 0 Å². The number of carbonyl (C=O) groups is 3. The summed E-state index contributed by atoms with van der Waals surface area (Å²) in [7, 11) is 0. The lowest BCUT2D eigenvalue weighted by atomic mass is 10.1. The van der Waals surface area contributed by atoms with E-state index >= 15 is 0 Å². The number of hydrogen-bond donors (Lipinski definition) is 2. The van der Waals surface area contributed by atoms with Crippen molar-refractivity contribution in [1.29, 1.82) is 0 Å². The molecule has 0 bridgehead atoms. The molecular weight excluding hydrogens is 532 g/mol. The average molecular weight is 549 g/mol. The Labute approximate surface area is 221 Å². The van der Waals surface area contributed by atoms with Crippen molar-refractivity contribution >= 4 is 81.2 Å². The molecule has 0 spiro atoms. The Hall–Kier alpha value is -3.03. The molecule has 1 heterocycles. The lowest BCUT2D eigenvalue weighted by Crippen LogP contribution is -2.32. The van der Waals surface area contributed by atoms with E-state index in [4.69, 9.17) is 46.4 Å². The van der Waals surface area contributed by atoms with Crippen LogP contribution in [0.25, 0.3) is 0 Å². The summed E-state index contributed by atoms with van der Waals surface area (Å²) in [4.78, 5) is 39.5. The summed E-state index contributed by atoms with van der Waals surface area (Å²) in [6.45, 7) is 3.89. The minimum Gasteiger partial charge on any atom is -0.350 e. The molecule has 3 amide bonds. The normalized spacial score (nSPS) is 13.5. The quantitative estimate of drug-likeness (QED) is 0.267. The number of aryl methyl sites for hydroxylation is 2. The molecule has 35 heavy (non-hydrogen) atoms. The minimum absolute atomic E-state index is 0.0487. The van der Waals surface area contributed by atoms with Gasteiger partial charge in [-0.1, -0.05) is 58.5 Å². The zero-order valence-corrected chi connectivity index (χ0v) is 21.4. The number of carbonyl (C=O) groups excluding carboxylic acids is 3. The maximum absolute atomic E-state index is 13.1. The zero-order chi connectivity index (χ0) is 25.4. The summed E-state index contributed by atoms with van der Waals surface area (Å²) in [6.07, 6.45) is 0. The summed E-state index contributed by atoms with van der Waals surface area (Å²) in [5, 5.41) is 5.72. The largest absolute Gasteiger partial charge is 0.350 e. The summed E-state index contributed by atoms with van der Waals surface area (Å²) >= 11 is 24.4. The summed E-state index contributed by atoms with van der Waals surface area (Å²) in [5.74, 6) is -1.84. The van der Waals surface area contributed by atoms with Crippen molar-refractivity contribution in [3.63, 3.8) is 0 Å². The maximum Gasteiger partial charge on any atom is 0.283 e. The molecule has 6 nitrogen and oxygen atoms in total. The van der Waals surface area contributed by atoms with E-state index in [1.807, 2.05) is 32.0 Å². The first kappa shape index (κ1) is 25.1. The Morgan fingerprint density at radius 2 is 1.43 bits per heavy atom. The second-order valence-electron chi connectivity index (χ2n) is 7.89. The molecule has 2 N–H and O–H groups in total. The van der Waals surface area contributed by atoms with Crippen LogP contribution >= 0.6 is 46.4 Å². The molecule has 1 aliphatic heterocycles. The fourth-order valence-electron chi connectivity index (χ4n) is 3.65. The van der Waals surface area contributed by atoms with Gasteiger partial charge in [0.25, 0.3) is 17.7 Å². The van der Waals surface area contributed by atoms with E-state index in [2.05, 4.69) is 10.6 Å². The third kappa shape index (κ3) is 5.16. The van der Waals surface area contributed by atoms with E-state index in [9.17, 15) is 14.4 Å². The van der Waals surface area contributed by atoms with Crippen molar-refractivity contribution in [3.05, 3.63) is 97.1 Å². The minimum atomic E-state index is -0.775. The molecule has 0 aliphatic carbocycles. The molecule has 0 aromatic heterocycles. The third-order valence-corrected chi connectivity index (χ3v) is 6.51. The Bertz CT molecular complexity index is 1420. The van der Waals surface area contributed by atoms with E-state index in [0.29, 0.717) is 16.9 Å². The predicted molar refractivity (Wildman–Crippen MR) is 141 cm³/mol. The molecule has 3 aromatic carbocycles. The first-order valence-electron chi connectivity index (χ1n) is 10.2. The van der Waals surface area contributed by atoms with Gasteiger partial charge in [0.15, 0.2) is 0 Å². The van der Waals surface area contributed by atoms with Gasteiger partial charge in [-0.25, -0.2) is 4.90 Å². The second kappa shape index (κ2) is 9.91. The molecule has 1 aliphatic rings. The molecule has 3 aromatic rings. The molecule has 0 fully saturated rings. The fourth-order valence-corrected chi connectivity index (χ4v) is 4.48. The second-order valence-corrected chi connectivity index (χ2v) is 9.49. The first-order valence-corrected chi connectivity index (χ1v) is 11.8. The molecule has 4 rings (SSSR count). The molecule has 0 atom stereocenters. The standard InChI is InChI=1S/C25H17Cl4N3O3/c1-12-6-13(2)8-16(7-12)31-23(33)14-4-3-5-15(9-14)30-22-21(29)24(34)32(25(22)35)20-11-18(27)17(26)10-19(20)28/h3-11,30H,1-2H3,(H,31,33). The van der Waals surface area contributed by atoms with Gasteiger partial charge in [0.1, 0.15) is 10.7 Å². The van der Waals surface area contributed by atoms with Crippen LogP contribution in [0.5, 0.6) is 0 Å². The molecule has 0 unspecified atom stereocenters. The summed E-state index contributed by atoms with van der Waals surface area (Å²) in [5.41, 5.74) is 3.32. The smallest absolute Gasteiger partial charge is 0.283 e. The van der Waals surface area contributed by atoms with Gasteiger partial charge >= 0.3 is 0 Å². The van der Waals surface area contributed by atoms with Crippen LogP contribution in [0.2, 0.25) is 15.1 Å². The van der Waals surface area contributed by atoms with Crippen LogP contribution in [0.3, 0.4) is 0 Å². The molecule has 10 heteroatoms. The maximum atomic E-state index is 13.1. The number of anilines is 3. The zero-order valence-electron chi connectivity index (χ0n) is 18.4. The Kier molecular flexibility index (Phi) is 7.10. The highest BCUT2D eigenvalue weighted by atomic mass is 35.5. The topological polar surface area (TPSA) is 78.5 Å². The number of halogens is 4. The molecule has 0 saturated carbocycles. The van der Waals surface area contributed by atoms with Crippen LogP contribution in [-0.4, -0.2) is 17.7 Å². The first-order chi connectivity index (χ1) is 16.5. The van der Waals surface area contributed by atoms with Crippen LogP contribution in [0.1, 0.15) is 21.5 Å². The SMILES string of the molecule is Cc1cc(C)cc(NC(=O)c2cccc(NC3=C(Cl)C(=O)N(c4cc(Cl)c(Cl)cc4Cl)C3=O)c2)c1. The van der Waals surface area contributed by atoms with Crippen molar-refractivity contribution in [1.82, 2.24) is 0 Å². The van der Waals surface area contributed by atoms with Crippen molar-refractivity contribution in [2.24, 2.45) is 0 Å². The highest BCUT2D eigenvalue weighted by Gasteiger charge is 2.40. The summed E-state index contributed by atoms with van der Waals surface area (Å²) < 4.78 is 0. The van der Waals surface area contributed by atoms with E-state index in [-0.39, 0.29) is 37.4 Å². The van der Waals surface area contributed by atoms with Gasteiger partial charge in [-0.3, -0.25) is 14.4 Å². The Morgan fingerprint density at radius 1 is 0.771 bits per heavy atom. The number of benzene rings is 3. The van der Waals surface area contributed by atoms with E-state index in [1.165, 1.54) is 12.1 Å². The van der Waals surface area contributed by atoms with Crippen molar-refractivity contribution in [2.45, 2.75) is 13.8 Å².